The fourth-order valence-electron chi connectivity index (χ4n) is 2.42. The monoisotopic (exact) mass is 310 g/mol. The molecule has 1 saturated heterocycles. The molecule has 0 aromatic heterocycles. The van der Waals surface area contributed by atoms with Crippen LogP contribution < -0.4 is 10.6 Å². The van der Waals surface area contributed by atoms with Crippen LogP contribution in [0.4, 0.5) is 15.8 Å². The maximum atomic E-state index is 14.0. The summed E-state index contributed by atoms with van der Waals surface area (Å²) in [5.74, 6) is -0.247. The molecular weight excluding hydrogens is 283 g/mol. The zero-order valence-corrected chi connectivity index (χ0v) is 14.7. The molecule has 1 heterocycles. The van der Waals surface area contributed by atoms with E-state index in [1.54, 1.807) is 12.1 Å². The number of rotatable bonds is 3. The van der Waals surface area contributed by atoms with Gasteiger partial charge in [0.15, 0.2) is 8.32 Å². The highest BCUT2D eigenvalue weighted by molar-refractivity contribution is 6.74. The molecule has 2 rings (SSSR count). The van der Waals surface area contributed by atoms with Crippen molar-refractivity contribution in [2.75, 3.05) is 23.7 Å². The van der Waals surface area contributed by atoms with Gasteiger partial charge in [0.2, 0.25) is 0 Å². The Hall–Kier alpha value is -1.07. The van der Waals surface area contributed by atoms with E-state index in [0.717, 1.165) is 19.5 Å². The Labute approximate surface area is 128 Å². The first kappa shape index (κ1) is 16.3. The third kappa shape index (κ3) is 3.58. The van der Waals surface area contributed by atoms with E-state index in [1.165, 1.54) is 6.07 Å². The number of nitrogen functional groups attached to an aromatic ring is 1. The molecular formula is C16H27FN2OSi. The zero-order valence-electron chi connectivity index (χ0n) is 13.7. The molecule has 0 bridgehead atoms. The summed E-state index contributed by atoms with van der Waals surface area (Å²) in [7, 11) is -1.76. The first-order valence-corrected chi connectivity index (χ1v) is 10.5. The topological polar surface area (TPSA) is 38.5 Å². The second-order valence-corrected chi connectivity index (χ2v) is 12.2. The van der Waals surface area contributed by atoms with Gasteiger partial charge in [0, 0.05) is 18.8 Å². The Balaban J connectivity index is 2.04. The number of anilines is 2. The molecule has 1 atom stereocenters. The van der Waals surface area contributed by atoms with Crippen LogP contribution in [-0.4, -0.2) is 27.5 Å². The summed E-state index contributed by atoms with van der Waals surface area (Å²) >= 11 is 0. The van der Waals surface area contributed by atoms with Crippen LogP contribution in [0.3, 0.4) is 0 Å². The minimum absolute atomic E-state index is 0.197. The normalized spacial score (nSPS) is 20.1. The van der Waals surface area contributed by atoms with Gasteiger partial charge in [-0.25, -0.2) is 4.39 Å². The van der Waals surface area contributed by atoms with Crippen LogP contribution >= 0.6 is 0 Å². The smallest absolute Gasteiger partial charge is 0.192 e. The standard InChI is InChI=1S/C16H27FN2OSi/c1-16(2,3)21(4,5)20-13-8-9-19(11-13)15-7-6-12(18)10-14(15)17/h6-7,10,13H,8-9,11,18H2,1-5H3. The largest absolute Gasteiger partial charge is 0.412 e. The molecule has 1 aliphatic rings. The van der Waals surface area contributed by atoms with Gasteiger partial charge in [-0.05, 0) is 42.8 Å². The van der Waals surface area contributed by atoms with E-state index >= 15 is 0 Å². The fraction of sp³-hybridized carbons (Fsp3) is 0.625. The molecule has 5 heteroatoms. The molecule has 1 aromatic rings. The summed E-state index contributed by atoms with van der Waals surface area (Å²) in [6, 6.07) is 4.90. The number of hydrogen-bond acceptors (Lipinski definition) is 3. The highest BCUT2D eigenvalue weighted by Gasteiger charge is 2.40. The van der Waals surface area contributed by atoms with Crippen LogP contribution in [0.5, 0.6) is 0 Å². The molecule has 118 valence electrons. The van der Waals surface area contributed by atoms with Crippen molar-refractivity contribution in [3.05, 3.63) is 24.0 Å². The molecule has 1 aromatic carbocycles. The molecule has 2 N–H and O–H groups in total. The van der Waals surface area contributed by atoms with Crippen molar-refractivity contribution < 1.29 is 8.82 Å². The van der Waals surface area contributed by atoms with E-state index in [0.29, 0.717) is 11.4 Å². The zero-order chi connectivity index (χ0) is 15.8. The fourth-order valence-corrected chi connectivity index (χ4v) is 3.80. The summed E-state index contributed by atoms with van der Waals surface area (Å²) in [5, 5.41) is 0.201. The summed E-state index contributed by atoms with van der Waals surface area (Å²) in [6.45, 7) is 12.8. The summed E-state index contributed by atoms with van der Waals surface area (Å²) < 4.78 is 20.4. The van der Waals surface area contributed by atoms with Gasteiger partial charge in [0.25, 0.3) is 0 Å². The second kappa shape index (κ2) is 5.61. The van der Waals surface area contributed by atoms with E-state index in [1.807, 2.05) is 0 Å². The van der Waals surface area contributed by atoms with Crippen LogP contribution in [0, 0.1) is 5.82 Å². The Morgan fingerprint density at radius 2 is 2.00 bits per heavy atom. The Morgan fingerprint density at radius 3 is 2.57 bits per heavy atom. The lowest BCUT2D eigenvalue weighted by molar-refractivity contribution is 0.202. The van der Waals surface area contributed by atoms with Crippen molar-refractivity contribution in [3.63, 3.8) is 0 Å². The van der Waals surface area contributed by atoms with Gasteiger partial charge in [-0.2, -0.15) is 0 Å². The molecule has 1 aliphatic heterocycles. The van der Waals surface area contributed by atoms with Crippen LogP contribution in [-0.2, 0) is 4.43 Å². The van der Waals surface area contributed by atoms with Crippen LogP contribution in [0.1, 0.15) is 27.2 Å². The van der Waals surface area contributed by atoms with E-state index in [9.17, 15) is 4.39 Å². The third-order valence-corrected chi connectivity index (χ3v) is 9.26. The predicted molar refractivity (Wildman–Crippen MR) is 89.7 cm³/mol. The lowest BCUT2D eigenvalue weighted by Gasteiger charge is -2.38. The Bertz CT molecular complexity index is 513. The molecule has 0 amide bonds. The molecule has 0 radical (unpaired) electrons. The molecule has 1 fully saturated rings. The van der Waals surface area contributed by atoms with Crippen LogP contribution in [0.2, 0.25) is 18.1 Å². The van der Waals surface area contributed by atoms with E-state index in [4.69, 9.17) is 10.2 Å². The van der Waals surface area contributed by atoms with Crippen molar-refractivity contribution in [2.24, 2.45) is 0 Å². The van der Waals surface area contributed by atoms with E-state index < -0.39 is 8.32 Å². The summed E-state index contributed by atoms with van der Waals surface area (Å²) in [6.07, 6.45) is 1.15. The number of benzene rings is 1. The SMILES string of the molecule is CC(C)(C)[Si](C)(C)OC1CCN(c2ccc(N)cc2F)C1. The Kier molecular flexibility index (Phi) is 4.35. The average molecular weight is 310 g/mol. The van der Waals surface area contributed by atoms with Crippen molar-refractivity contribution >= 4 is 19.7 Å². The summed E-state index contributed by atoms with van der Waals surface area (Å²) in [4.78, 5) is 2.06. The average Bonchev–Trinajstić information content (AvgIpc) is 2.74. The second-order valence-electron chi connectivity index (χ2n) is 7.45. The lowest BCUT2D eigenvalue weighted by Crippen LogP contribution is -2.44. The van der Waals surface area contributed by atoms with Crippen molar-refractivity contribution in [2.45, 2.75) is 51.4 Å². The highest BCUT2D eigenvalue weighted by atomic mass is 28.4. The Morgan fingerprint density at radius 1 is 1.33 bits per heavy atom. The molecule has 0 spiro atoms. The maximum Gasteiger partial charge on any atom is 0.192 e. The number of halogens is 1. The van der Waals surface area contributed by atoms with E-state index in [2.05, 4.69) is 38.8 Å². The molecule has 0 saturated carbocycles. The molecule has 21 heavy (non-hydrogen) atoms. The lowest BCUT2D eigenvalue weighted by atomic mass is 10.2. The first-order valence-electron chi connectivity index (χ1n) is 7.58. The van der Waals surface area contributed by atoms with Gasteiger partial charge < -0.3 is 15.1 Å². The number of nitrogens with two attached hydrogens (primary N) is 1. The molecule has 0 aliphatic carbocycles. The highest BCUT2D eigenvalue weighted by Crippen LogP contribution is 2.38. The van der Waals surface area contributed by atoms with Gasteiger partial charge >= 0.3 is 0 Å². The van der Waals surface area contributed by atoms with Gasteiger partial charge in [-0.3, -0.25) is 0 Å². The first-order chi connectivity index (χ1) is 9.60. The van der Waals surface area contributed by atoms with E-state index in [-0.39, 0.29) is 17.0 Å². The number of nitrogens with zero attached hydrogens (tertiary/aromatic N) is 1. The summed E-state index contributed by atoms with van der Waals surface area (Å²) in [5.41, 5.74) is 6.70. The minimum Gasteiger partial charge on any atom is -0.412 e. The van der Waals surface area contributed by atoms with Gasteiger partial charge in [-0.1, -0.05) is 20.8 Å². The van der Waals surface area contributed by atoms with Gasteiger partial charge in [0.1, 0.15) is 5.82 Å². The molecule has 1 unspecified atom stereocenters. The van der Waals surface area contributed by atoms with Gasteiger partial charge in [0.05, 0.1) is 11.8 Å². The maximum absolute atomic E-state index is 14.0. The molecule has 3 nitrogen and oxygen atoms in total. The van der Waals surface area contributed by atoms with Gasteiger partial charge in [-0.15, -0.1) is 0 Å². The van der Waals surface area contributed by atoms with Crippen molar-refractivity contribution in [1.82, 2.24) is 0 Å². The minimum atomic E-state index is -1.76. The van der Waals surface area contributed by atoms with Crippen molar-refractivity contribution in [1.29, 1.82) is 0 Å². The quantitative estimate of drug-likeness (QED) is 0.677. The van der Waals surface area contributed by atoms with Crippen LogP contribution in [0.15, 0.2) is 18.2 Å². The van der Waals surface area contributed by atoms with Crippen molar-refractivity contribution in [3.8, 4) is 0 Å². The predicted octanol–water partition coefficient (Wildman–Crippen LogP) is 4.01. The third-order valence-electron chi connectivity index (χ3n) is 4.72. The van der Waals surface area contributed by atoms with Crippen LogP contribution in [0.25, 0.3) is 0 Å². The number of hydrogen-bond donors (Lipinski definition) is 1.